The predicted octanol–water partition coefficient (Wildman–Crippen LogP) is 1.06. The van der Waals surface area contributed by atoms with Crippen molar-refractivity contribution in [1.29, 1.82) is 0 Å². The molecule has 1 rings (SSSR count). The Morgan fingerprint density at radius 3 is 2.40 bits per heavy atom. The van der Waals surface area contributed by atoms with Gasteiger partial charge in [0.1, 0.15) is 0 Å². The highest BCUT2D eigenvalue weighted by molar-refractivity contribution is 6.28. The van der Waals surface area contributed by atoms with E-state index < -0.39 is 41.3 Å². The van der Waals surface area contributed by atoms with E-state index in [-0.39, 0.29) is 6.42 Å². The van der Waals surface area contributed by atoms with Gasteiger partial charge in [-0.25, -0.2) is 0 Å². The summed E-state index contributed by atoms with van der Waals surface area (Å²) >= 11 is 0. The summed E-state index contributed by atoms with van der Waals surface area (Å²) < 4.78 is 9.08. The molecule has 0 N–H and O–H groups in total. The van der Waals surface area contributed by atoms with Crippen LogP contribution in [0.15, 0.2) is 0 Å². The number of hydrogen-bond acceptors (Lipinski definition) is 6. The van der Waals surface area contributed by atoms with Crippen LogP contribution in [0.4, 0.5) is 0 Å². The number of rotatable bonds is 6. The van der Waals surface area contributed by atoms with E-state index >= 15 is 0 Å². The van der Waals surface area contributed by atoms with Crippen LogP contribution in [0, 0.1) is 11.3 Å². The molecular formula is C14H20O6. The third kappa shape index (κ3) is 2.73. The normalized spacial score (nSPS) is 25.6. The highest BCUT2D eigenvalue weighted by Gasteiger charge is 2.61. The Morgan fingerprint density at radius 2 is 1.90 bits per heavy atom. The zero-order chi connectivity index (χ0) is 15.3. The van der Waals surface area contributed by atoms with Gasteiger partial charge in [-0.15, -0.1) is 0 Å². The summed E-state index contributed by atoms with van der Waals surface area (Å²) in [4.78, 5) is 48.1. The maximum absolute atomic E-state index is 12.5. The van der Waals surface area contributed by atoms with Crippen molar-refractivity contribution in [2.75, 3.05) is 14.2 Å². The molecule has 0 amide bonds. The number of ether oxygens (including phenoxy) is 2. The number of hydrogen-bond donors (Lipinski definition) is 0. The monoisotopic (exact) mass is 284 g/mol. The van der Waals surface area contributed by atoms with Gasteiger partial charge in [-0.1, -0.05) is 19.8 Å². The second kappa shape index (κ2) is 6.63. The molecule has 1 aliphatic carbocycles. The highest BCUT2D eigenvalue weighted by atomic mass is 16.5. The van der Waals surface area contributed by atoms with Crippen LogP contribution in [0.3, 0.4) is 0 Å². The van der Waals surface area contributed by atoms with Crippen LogP contribution in [0.1, 0.15) is 39.0 Å². The molecule has 1 fully saturated rings. The summed E-state index contributed by atoms with van der Waals surface area (Å²) in [7, 11) is 2.24. The van der Waals surface area contributed by atoms with Crippen LogP contribution in [0.25, 0.3) is 0 Å². The largest absolute Gasteiger partial charge is 0.469 e. The second-order valence-corrected chi connectivity index (χ2v) is 4.98. The van der Waals surface area contributed by atoms with Crippen molar-refractivity contribution in [2.45, 2.75) is 39.0 Å². The molecule has 0 saturated heterocycles. The number of ketones is 2. The molecular weight excluding hydrogens is 264 g/mol. The first-order valence-corrected chi connectivity index (χ1v) is 6.66. The molecule has 6 heteroatoms. The van der Waals surface area contributed by atoms with Gasteiger partial charge in [0.15, 0.2) is 17.0 Å². The van der Waals surface area contributed by atoms with Gasteiger partial charge < -0.3 is 9.47 Å². The first-order valence-electron chi connectivity index (χ1n) is 6.66. The van der Waals surface area contributed by atoms with Crippen molar-refractivity contribution in [1.82, 2.24) is 0 Å². The molecule has 2 atom stereocenters. The molecule has 0 aromatic rings. The smallest absolute Gasteiger partial charge is 0.327 e. The average Bonchev–Trinajstić information content (AvgIpc) is 2.69. The molecule has 0 heterocycles. The number of carbonyl (C=O) groups is 4. The van der Waals surface area contributed by atoms with Crippen molar-refractivity contribution in [3.05, 3.63) is 0 Å². The number of carbonyl (C=O) groups excluding carboxylic acids is 4. The fourth-order valence-electron chi connectivity index (χ4n) is 2.60. The average molecular weight is 284 g/mol. The Morgan fingerprint density at radius 1 is 1.25 bits per heavy atom. The number of Topliss-reactive ketones (excluding diaryl/α,β-unsaturated/α-hetero) is 2. The third-order valence-electron chi connectivity index (χ3n) is 3.78. The van der Waals surface area contributed by atoms with E-state index in [1.54, 1.807) is 0 Å². The molecule has 0 bridgehead atoms. The van der Waals surface area contributed by atoms with Gasteiger partial charge in [0.2, 0.25) is 0 Å². The standard InChI is InChI=1S/C14H20O6/c1-4-5-6-9-7-10(15)14(12(9)17,13(18)20-3)8-11(16)19-2/h9H,4-8H2,1-3H3. The van der Waals surface area contributed by atoms with Crippen molar-refractivity contribution in [3.63, 3.8) is 0 Å². The van der Waals surface area contributed by atoms with Gasteiger partial charge in [0, 0.05) is 12.3 Å². The van der Waals surface area contributed by atoms with Crippen molar-refractivity contribution in [2.24, 2.45) is 11.3 Å². The Labute approximate surface area is 117 Å². The first-order chi connectivity index (χ1) is 9.43. The SMILES string of the molecule is CCCCC1CC(=O)C(CC(=O)OC)(C(=O)OC)C1=O. The minimum atomic E-state index is -2.00. The number of esters is 2. The van der Waals surface area contributed by atoms with Gasteiger partial charge in [0.05, 0.1) is 20.6 Å². The van der Waals surface area contributed by atoms with Crippen LogP contribution in [0.5, 0.6) is 0 Å². The van der Waals surface area contributed by atoms with E-state index in [0.717, 1.165) is 27.1 Å². The Balaban J connectivity index is 3.09. The molecule has 0 spiro atoms. The molecule has 0 aromatic carbocycles. The van der Waals surface area contributed by atoms with Crippen LogP contribution < -0.4 is 0 Å². The Hall–Kier alpha value is -1.72. The summed E-state index contributed by atoms with van der Waals surface area (Å²) in [5.41, 5.74) is -2.00. The van der Waals surface area contributed by atoms with E-state index in [9.17, 15) is 19.2 Å². The minimum absolute atomic E-state index is 0.00900. The fraction of sp³-hybridized carbons (Fsp3) is 0.714. The van der Waals surface area contributed by atoms with Gasteiger partial charge in [-0.3, -0.25) is 19.2 Å². The van der Waals surface area contributed by atoms with Crippen LogP contribution in [-0.2, 0) is 28.7 Å². The summed E-state index contributed by atoms with van der Waals surface area (Å²) in [5.74, 6) is -3.29. The molecule has 1 saturated carbocycles. The van der Waals surface area contributed by atoms with Gasteiger partial charge in [-0.05, 0) is 6.42 Å². The molecule has 6 nitrogen and oxygen atoms in total. The van der Waals surface area contributed by atoms with E-state index in [1.165, 1.54) is 0 Å². The summed E-state index contributed by atoms with van der Waals surface area (Å²) in [6.45, 7) is 1.98. The van der Waals surface area contributed by atoms with Gasteiger partial charge in [-0.2, -0.15) is 0 Å². The molecule has 0 aromatic heterocycles. The summed E-state index contributed by atoms with van der Waals surface area (Å²) in [6.07, 6.45) is 1.64. The molecule has 0 aliphatic heterocycles. The fourth-order valence-corrected chi connectivity index (χ4v) is 2.60. The lowest BCUT2D eigenvalue weighted by Gasteiger charge is -2.22. The van der Waals surface area contributed by atoms with E-state index in [4.69, 9.17) is 0 Å². The van der Waals surface area contributed by atoms with Gasteiger partial charge >= 0.3 is 11.9 Å². The minimum Gasteiger partial charge on any atom is -0.469 e. The van der Waals surface area contributed by atoms with Crippen molar-refractivity contribution < 1.29 is 28.7 Å². The highest BCUT2D eigenvalue weighted by Crippen LogP contribution is 2.41. The number of methoxy groups -OCH3 is 2. The van der Waals surface area contributed by atoms with Crippen molar-refractivity contribution >= 4 is 23.5 Å². The quantitative estimate of drug-likeness (QED) is 0.535. The Kier molecular flexibility index (Phi) is 5.42. The number of unbranched alkanes of at least 4 members (excludes halogenated alkanes) is 1. The zero-order valence-electron chi connectivity index (χ0n) is 12.1. The van der Waals surface area contributed by atoms with Crippen LogP contribution in [-0.4, -0.2) is 37.7 Å². The van der Waals surface area contributed by atoms with Crippen molar-refractivity contribution in [3.8, 4) is 0 Å². The molecule has 112 valence electrons. The topological polar surface area (TPSA) is 86.7 Å². The lowest BCUT2D eigenvalue weighted by molar-refractivity contribution is -0.165. The summed E-state index contributed by atoms with van der Waals surface area (Å²) in [6, 6.07) is 0. The molecule has 0 radical (unpaired) electrons. The molecule has 20 heavy (non-hydrogen) atoms. The van der Waals surface area contributed by atoms with E-state index in [2.05, 4.69) is 9.47 Å². The molecule has 2 unspecified atom stereocenters. The second-order valence-electron chi connectivity index (χ2n) is 4.98. The van der Waals surface area contributed by atoms with Crippen LogP contribution in [0.2, 0.25) is 0 Å². The van der Waals surface area contributed by atoms with Crippen LogP contribution >= 0.6 is 0 Å². The maximum Gasteiger partial charge on any atom is 0.327 e. The maximum atomic E-state index is 12.5. The lowest BCUT2D eigenvalue weighted by Crippen LogP contribution is -2.45. The summed E-state index contributed by atoms with van der Waals surface area (Å²) in [5, 5.41) is 0. The van der Waals surface area contributed by atoms with Gasteiger partial charge in [0.25, 0.3) is 0 Å². The zero-order valence-corrected chi connectivity index (χ0v) is 12.1. The predicted molar refractivity (Wildman–Crippen MR) is 68.7 cm³/mol. The van der Waals surface area contributed by atoms with E-state index in [1.807, 2.05) is 6.92 Å². The third-order valence-corrected chi connectivity index (χ3v) is 3.78. The Bertz CT molecular complexity index is 427. The van der Waals surface area contributed by atoms with E-state index in [0.29, 0.717) is 6.42 Å². The molecule has 1 aliphatic rings. The first kappa shape index (κ1) is 16.3. The lowest BCUT2D eigenvalue weighted by atomic mass is 9.79.